The molecule has 0 atom stereocenters. The van der Waals surface area contributed by atoms with E-state index in [1.807, 2.05) is 37.3 Å². The Morgan fingerprint density at radius 3 is 2.59 bits per heavy atom. The van der Waals surface area contributed by atoms with Crippen LogP contribution in [0.3, 0.4) is 0 Å². The fraction of sp³-hybridized carbons (Fsp3) is 0.429. The minimum atomic E-state index is -0.197. The van der Waals surface area contributed by atoms with E-state index in [-0.39, 0.29) is 5.91 Å². The zero-order valence-electron chi connectivity index (χ0n) is 16.6. The fourth-order valence-electron chi connectivity index (χ4n) is 2.71. The largest absolute Gasteiger partial charge is 0.493 e. The van der Waals surface area contributed by atoms with Crippen molar-refractivity contribution in [2.75, 3.05) is 33.4 Å². The number of carbonyl (C=O) groups excluding carboxylic acids is 1. The highest BCUT2D eigenvalue weighted by Crippen LogP contribution is 2.28. The molecule has 0 saturated carbocycles. The van der Waals surface area contributed by atoms with Crippen molar-refractivity contribution in [2.24, 2.45) is 0 Å². The van der Waals surface area contributed by atoms with Gasteiger partial charge in [-0.25, -0.2) is 4.98 Å². The van der Waals surface area contributed by atoms with Gasteiger partial charge in [0.2, 0.25) is 0 Å². The van der Waals surface area contributed by atoms with Crippen molar-refractivity contribution in [1.29, 1.82) is 0 Å². The van der Waals surface area contributed by atoms with Crippen LogP contribution in [0.1, 0.15) is 35.6 Å². The molecule has 1 amide bonds. The molecule has 1 N–H and O–H groups in total. The van der Waals surface area contributed by atoms with Crippen LogP contribution in [0, 0.1) is 6.92 Å². The van der Waals surface area contributed by atoms with Crippen LogP contribution in [0.15, 0.2) is 36.4 Å². The summed E-state index contributed by atoms with van der Waals surface area (Å²) in [5.74, 6) is 1.17. The van der Waals surface area contributed by atoms with Gasteiger partial charge < -0.3 is 19.7 Å². The van der Waals surface area contributed by atoms with Gasteiger partial charge in [0, 0.05) is 18.8 Å². The van der Waals surface area contributed by atoms with Gasteiger partial charge in [0.25, 0.3) is 5.91 Å². The van der Waals surface area contributed by atoms with Gasteiger partial charge in [0.1, 0.15) is 12.3 Å². The lowest BCUT2D eigenvalue weighted by Crippen LogP contribution is -2.28. The van der Waals surface area contributed by atoms with Crippen molar-refractivity contribution >= 4 is 5.91 Å². The third-order valence-electron chi connectivity index (χ3n) is 4.36. The van der Waals surface area contributed by atoms with Crippen LogP contribution >= 0.6 is 0 Å². The summed E-state index contributed by atoms with van der Waals surface area (Å²) >= 11 is 0. The number of pyridine rings is 1. The third kappa shape index (κ3) is 6.25. The van der Waals surface area contributed by atoms with Crippen molar-refractivity contribution in [3.8, 4) is 11.5 Å². The van der Waals surface area contributed by atoms with Crippen LogP contribution < -0.4 is 14.8 Å². The molecule has 0 spiro atoms. The summed E-state index contributed by atoms with van der Waals surface area (Å²) in [4.78, 5) is 18.8. The first-order valence-corrected chi connectivity index (χ1v) is 9.31. The van der Waals surface area contributed by atoms with Gasteiger partial charge in [-0.1, -0.05) is 26.0 Å². The average Bonchev–Trinajstić information content (AvgIpc) is 2.69. The van der Waals surface area contributed by atoms with Crippen molar-refractivity contribution in [1.82, 2.24) is 15.2 Å². The fourth-order valence-corrected chi connectivity index (χ4v) is 2.71. The van der Waals surface area contributed by atoms with Crippen LogP contribution in [0.25, 0.3) is 0 Å². The zero-order valence-corrected chi connectivity index (χ0v) is 16.6. The van der Waals surface area contributed by atoms with E-state index in [1.54, 1.807) is 13.2 Å². The number of benzene rings is 1. The summed E-state index contributed by atoms with van der Waals surface area (Å²) in [5.41, 5.74) is 2.16. The number of amides is 1. The summed E-state index contributed by atoms with van der Waals surface area (Å²) in [6.45, 7) is 10.0. The molecule has 1 aromatic carbocycles. The van der Waals surface area contributed by atoms with Crippen LogP contribution in [0.4, 0.5) is 0 Å². The van der Waals surface area contributed by atoms with Crippen LogP contribution in [0.5, 0.6) is 11.5 Å². The molecular formula is C21H29N3O3. The lowest BCUT2D eigenvalue weighted by atomic mass is 10.2. The number of carbonyl (C=O) groups is 1. The second-order valence-corrected chi connectivity index (χ2v) is 6.21. The molecule has 2 rings (SSSR count). The first kappa shape index (κ1) is 20.7. The molecule has 0 saturated heterocycles. The second-order valence-electron chi connectivity index (χ2n) is 6.21. The molecular weight excluding hydrogens is 342 g/mol. The van der Waals surface area contributed by atoms with Crippen molar-refractivity contribution in [2.45, 2.75) is 27.3 Å². The van der Waals surface area contributed by atoms with E-state index in [9.17, 15) is 4.79 Å². The summed E-state index contributed by atoms with van der Waals surface area (Å²) in [7, 11) is 1.62. The number of methoxy groups -OCH3 is 1. The van der Waals surface area contributed by atoms with Gasteiger partial charge in [0.05, 0.1) is 7.11 Å². The van der Waals surface area contributed by atoms with E-state index in [4.69, 9.17) is 9.47 Å². The number of ether oxygens (including phenoxy) is 2. The minimum absolute atomic E-state index is 0.197. The Kier molecular flexibility index (Phi) is 8.07. The number of nitrogens with zero attached hydrogens (tertiary/aromatic N) is 2. The normalized spacial score (nSPS) is 10.7. The molecule has 0 fully saturated rings. The number of aromatic nitrogens is 1. The molecule has 2 aromatic rings. The second kappa shape index (κ2) is 10.5. The molecule has 0 unspecified atom stereocenters. The number of hydrogen-bond donors (Lipinski definition) is 1. The van der Waals surface area contributed by atoms with E-state index in [1.165, 1.54) is 0 Å². The number of rotatable bonds is 10. The predicted molar refractivity (Wildman–Crippen MR) is 106 cm³/mol. The van der Waals surface area contributed by atoms with Gasteiger partial charge in [-0.3, -0.25) is 4.79 Å². The third-order valence-corrected chi connectivity index (χ3v) is 4.36. The summed E-state index contributed by atoms with van der Waals surface area (Å²) in [5, 5.41) is 2.88. The highest BCUT2D eigenvalue weighted by Gasteiger charge is 2.10. The molecule has 6 heteroatoms. The lowest BCUT2D eigenvalue weighted by Gasteiger charge is -2.19. The van der Waals surface area contributed by atoms with Crippen LogP contribution in [0.2, 0.25) is 0 Å². The standard InChI is InChI=1S/C21H29N3O3/c1-5-24(6-2)12-13-27-19-11-10-17(14-20(19)26-4)15-22-21(25)18-9-7-8-16(3)23-18/h7-11,14H,5-6,12-13,15H2,1-4H3,(H,22,25). The van der Waals surface area contributed by atoms with Crippen LogP contribution in [-0.4, -0.2) is 49.1 Å². The SMILES string of the molecule is CCN(CC)CCOc1ccc(CNC(=O)c2cccc(C)n2)cc1OC. The maximum absolute atomic E-state index is 12.2. The smallest absolute Gasteiger partial charge is 0.270 e. The van der Waals surface area contributed by atoms with Gasteiger partial charge in [-0.05, 0) is 49.8 Å². The molecule has 0 aliphatic heterocycles. The number of nitrogens with one attached hydrogen (secondary N) is 1. The lowest BCUT2D eigenvalue weighted by molar-refractivity contribution is 0.0945. The van der Waals surface area contributed by atoms with E-state index in [2.05, 4.69) is 29.0 Å². The highest BCUT2D eigenvalue weighted by atomic mass is 16.5. The summed E-state index contributed by atoms with van der Waals surface area (Å²) in [6.07, 6.45) is 0. The monoisotopic (exact) mass is 371 g/mol. The van der Waals surface area contributed by atoms with Gasteiger partial charge in [0.15, 0.2) is 11.5 Å². The minimum Gasteiger partial charge on any atom is -0.493 e. The number of aryl methyl sites for hydroxylation is 1. The molecule has 6 nitrogen and oxygen atoms in total. The molecule has 27 heavy (non-hydrogen) atoms. The topological polar surface area (TPSA) is 63.7 Å². The zero-order chi connectivity index (χ0) is 19.6. The Balaban J connectivity index is 1.93. The highest BCUT2D eigenvalue weighted by molar-refractivity contribution is 5.92. The Bertz CT molecular complexity index is 745. The van der Waals surface area contributed by atoms with E-state index in [0.717, 1.165) is 30.9 Å². The van der Waals surface area contributed by atoms with Gasteiger partial charge in [-0.15, -0.1) is 0 Å². The quantitative estimate of drug-likeness (QED) is 0.695. The predicted octanol–water partition coefficient (Wildman–Crippen LogP) is 3.05. The van der Waals surface area contributed by atoms with E-state index >= 15 is 0 Å². The first-order chi connectivity index (χ1) is 13.1. The molecule has 0 aliphatic rings. The van der Waals surface area contributed by atoms with Crippen molar-refractivity contribution in [3.05, 3.63) is 53.3 Å². The van der Waals surface area contributed by atoms with Gasteiger partial charge in [-0.2, -0.15) is 0 Å². The maximum atomic E-state index is 12.2. The molecule has 146 valence electrons. The average molecular weight is 371 g/mol. The van der Waals surface area contributed by atoms with E-state index in [0.29, 0.717) is 30.3 Å². The first-order valence-electron chi connectivity index (χ1n) is 9.31. The van der Waals surface area contributed by atoms with E-state index < -0.39 is 0 Å². The summed E-state index contributed by atoms with van der Waals surface area (Å²) in [6, 6.07) is 11.1. The van der Waals surface area contributed by atoms with Gasteiger partial charge >= 0.3 is 0 Å². The Morgan fingerprint density at radius 1 is 1.15 bits per heavy atom. The molecule has 1 heterocycles. The molecule has 0 aliphatic carbocycles. The number of likely N-dealkylation sites (N-methyl/N-ethyl adjacent to an activating group) is 1. The van der Waals surface area contributed by atoms with Crippen LogP contribution in [-0.2, 0) is 6.54 Å². The Labute approximate surface area is 161 Å². The molecule has 0 bridgehead atoms. The Hall–Kier alpha value is -2.60. The molecule has 1 aromatic heterocycles. The molecule has 0 radical (unpaired) electrons. The number of hydrogen-bond acceptors (Lipinski definition) is 5. The van der Waals surface area contributed by atoms with Crippen molar-refractivity contribution < 1.29 is 14.3 Å². The maximum Gasteiger partial charge on any atom is 0.270 e. The summed E-state index contributed by atoms with van der Waals surface area (Å²) < 4.78 is 11.3. The van der Waals surface area contributed by atoms with Crippen molar-refractivity contribution in [3.63, 3.8) is 0 Å². The Morgan fingerprint density at radius 2 is 1.93 bits per heavy atom.